The normalized spacial score (nSPS) is 25.8. The van der Waals surface area contributed by atoms with Crippen LogP contribution in [0.5, 0.6) is 0 Å². The van der Waals surface area contributed by atoms with E-state index in [2.05, 4.69) is 24.3 Å². The lowest BCUT2D eigenvalue weighted by molar-refractivity contribution is -0.136. The first kappa shape index (κ1) is 25.8. The third-order valence-corrected chi connectivity index (χ3v) is 7.31. The van der Waals surface area contributed by atoms with Gasteiger partial charge in [-0.05, 0) is 29.5 Å². The van der Waals surface area contributed by atoms with Crippen molar-refractivity contribution in [2.45, 2.75) is 69.9 Å². The summed E-state index contributed by atoms with van der Waals surface area (Å²) in [5.41, 5.74) is 3.28. The number of carbonyl (C=O) groups excluding carboxylic acids is 1. The first-order valence-corrected chi connectivity index (χ1v) is 13.4. The van der Waals surface area contributed by atoms with Gasteiger partial charge in [0.2, 0.25) is 0 Å². The Morgan fingerprint density at radius 1 is 0.676 bits per heavy atom. The van der Waals surface area contributed by atoms with Crippen LogP contribution in [0.15, 0.2) is 91.0 Å². The molecule has 1 aliphatic carbocycles. The van der Waals surface area contributed by atoms with Gasteiger partial charge >= 0.3 is 0 Å². The highest BCUT2D eigenvalue weighted by Crippen LogP contribution is 2.37. The number of ether oxygens (including phenoxy) is 4. The number of hydrogen-bond acceptors (Lipinski definition) is 5. The Balaban J connectivity index is 1.35. The number of Topliss-reactive ketones (excluding diaryl/α,β-unsaturated/α-hetero) is 1. The SMILES string of the molecule is O=C1CCCCC1[C@H]1O[C@H](COCc2ccccc2)[C@@H](OCc2ccccc2)[C@H]1OCc1ccccc1. The largest absolute Gasteiger partial charge is 0.374 e. The third kappa shape index (κ3) is 6.93. The van der Waals surface area contributed by atoms with Gasteiger partial charge in [-0.2, -0.15) is 0 Å². The van der Waals surface area contributed by atoms with Crippen LogP contribution < -0.4 is 0 Å². The molecule has 0 radical (unpaired) electrons. The predicted octanol–water partition coefficient (Wildman–Crippen LogP) is 5.90. The number of benzene rings is 3. The monoisotopic (exact) mass is 500 g/mol. The van der Waals surface area contributed by atoms with Gasteiger partial charge in [0, 0.05) is 12.3 Å². The zero-order valence-corrected chi connectivity index (χ0v) is 21.2. The van der Waals surface area contributed by atoms with E-state index < -0.39 is 0 Å². The second-order valence-electron chi connectivity index (χ2n) is 9.98. The van der Waals surface area contributed by atoms with Gasteiger partial charge in [-0.1, -0.05) is 97.4 Å². The molecule has 3 aromatic rings. The van der Waals surface area contributed by atoms with Gasteiger partial charge in [0.15, 0.2) is 0 Å². The minimum Gasteiger partial charge on any atom is -0.374 e. The van der Waals surface area contributed by atoms with E-state index in [1.165, 1.54) is 0 Å². The molecule has 2 aliphatic rings. The maximum atomic E-state index is 13.0. The summed E-state index contributed by atoms with van der Waals surface area (Å²) in [7, 11) is 0. The molecule has 5 atom stereocenters. The zero-order valence-electron chi connectivity index (χ0n) is 21.2. The van der Waals surface area contributed by atoms with E-state index in [9.17, 15) is 4.79 Å². The Morgan fingerprint density at radius 2 is 1.22 bits per heavy atom. The quantitative estimate of drug-likeness (QED) is 0.328. The molecule has 37 heavy (non-hydrogen) atoms. The van der Waals surface area contributed by atoms with Crippen LogP contribution in [-0.4, -0.2) is 36.8 Å². The fraction of sp³-hybridized carbons (Fsp3) is 0.406. The van der Waals surface area contributed by atoms with E-state index in [0.717, 1.165) is 36.0 Å². The molecule has 2 fully saturated rings. The van der Waals surface area contributed by atoms with Crippen molar-refractivity contribution in [1.29, 1.82) is 0 Å². The maximum Gasteiger partial charge on any atom is 0.138 e. The van der Waals surface area contributed by atoms with Crippen LogP contribution in [-0.2, 0) is 43.6 Å². The average molecular weight is 501 g/mol. The van der Waals surface area contributed by atoms with E-state index in [4.69, 9.17) is 18.9 Å². The molecule has 0 amide bonds. The molecule has 1 unspecified atom stereocenters. The van der Waals surface area contributed by atoms with E-state index in [1.54, 1.807) is 0 Å². The Labute approximate surface area is 219 Å². The number of ketones is 1. The Bertz CT molecular complexity index is 1090. The molecule has 0 aromatic heterocycles. The highest BCUT2D eigenvalue weighted by molar-refractivity contribution is 5.82. The molecule has 0 spiro atoms. The van der Waals surface area contributed by atoms with Gasteiger partial charge in [-0.15, -0.1) is 0 Å². The molecule has 0 bridgehead atoms. The van der Waals surface area contributed by atoms with E-state index in [0.29, 0.717) is 32.8 Å². The molecular weight excluding hydrogens is 464 g/mol. The lowest BCUT2D eigenvalue weighted by Crippen LogP contribution is -2.43. The van der Waals surface area contributed by atoms with Gasteiger partial charge in [0.1, 0.15) is 24.1 Å². The summed E-state index contributed by atoms with van der Waals surface area (Å²) in [4.78, 5) is 13.0. The summed E-state index contributed by atoms with van der Waals surface area (Å²) in [6.45, 7) is 1.75. The second-order valence-corrected chi connectivity index (χ2v) is 9.98. The summed E-state index contributed by atoms with van der Waals surface area (Å²) in [5, 5.41) is 0. The lowest BCUT2D eigenvalue weighted by atomic mass is 9.82. The van der Waals surface area contributed by atoms with Crippen LogP contribution in [0.25, 0.3) is 0 Å². The number of hydrogen-bond donors (Lipinski definition) is 0. The van der Waals surface area contributed by atoms with Crippen LogP contribution >= 0.6 is 0 Å². The molecule has 5 nitrogen and oxygen atoms in total. The van der Waals surface area contributed by atoms with Crippen molar-refractivity contribution in [3.63, 3.8) is 0 Å². The molecule has 3 aromatic carbocycles. The number of carbonyl (C=O) groups is 1. The predicted molar refractivity (Wildman–Crippen MR) is 142 cm³/mol. The number of rotatable bonds is 11. The summed E-state index contributed by atoms with van der Waals surface area (Å²) in [6, 6.07) is 30.4. The summed E-state index contributed by atoms with van der Waals surface area (Å²) < 4.78 is 25.8. The smallest absolute Gasteiger partial charge is 0.138 e. The van der Waals surface area contributed by atoms with Crippen molar-refractivity contribution in [2.24, 2.45) is 5.92 Å². The highest BCUT2D eigenvalue weighted by Gasteiger charge is 2.51. The molecule has 1 heterocycles. The minimum absolute atomic E-state index is 0.170. The first-order valence-electron chi connectivity index (χ1n) is 13.4. The molecule has 5 heteroatoms. The van der Waals surface area contributed by atoms with Crippen molar-refractivity contribution >= 4 is 5.78 Å². The van der Waals surface area contributed by atoms with Crippen LogP contribution in [0.4, 0.5) is 0 Å². The molecule has 5 rings (SSSR count). The second kappa shape index (κ2) is 13.1. The molecule has 1 saturated heterocycles. The van der Waals surface area contributed by atoms with Crippen LogP contribution in [0, 0.1) is 5.92 Å². The summed E-state index contributed by atoms with van der Waals surface area (Å²) >= 11 is 0. The van der Waals surface area contributed by atoms with E-state index >= 15 is 0 Å². The first-order chi connectivity index (χ1) is 18.3. The standard InChI is InChI=1S/C32H36O5/c33-28-19-11-10-18-27(28)30-32(36-22-26-16-8-3-9-17-26)31(35-21-25-14-6-2-7-15-25)29(37-30)23-34-20-24-12-4-1-5-13-24/h1-9,12-17,27,29-32H,10-11,18-23H2/t27?,29-,30-,31-,32+/m1/s1. The van der Waals surface area contributed by atoms with Crippen molar-refractivity contribution in [3.8, 4) is 0 Å². The molecule has 0 N–H and O–H groups in total. The van der Waals surface area contributed by atoms with Gasteiger partial charge in [0.25, 0.3) is 0 Å². The molecule has 1 saturated carbocycles. The molecular formula is C32H36O5. The van der Waals surface area contributed by atoms with Crippen LogP contribution in [0.2, 0.25) is 0 Å². The fourth-order valence-corrected chi connectivity index (χ4v) is 5.36. The average Bonchev–Trinajstić information content (AvgIpc) is 3.29. The minimum atomic E-state index is -0.360. The van der Waals surface area contributed by atoms with Crippen molar-refractivity contribution in [2.75, 3.05) is 6.61 Å². The van der Waals surface area contributed by atoms with Crippen LogP contribution in [0.1, 0.15) is 42.4 Å². The van der Waals surface area contributed by atoms with E-state index in [1.807, 2.05) is 66.7 Å². The third-order valence-electron chi connectivity index (χ3n) is 7.31. The van der Waals surface area contributed by atoms with Gasteiger partial charge < -0.3 is 18.9 Å². The summed E-state index contributed by atoms with van der Waals surface area (Å²) in [5.74, 6) is 0.105. The van der Waals surface area contributed by atoms with Crippen molar-refractivity contribution < 1.29 is 23.7 Å². The van der Waals surface area contributed by atoms with Crippen LogP contribution in [0.3, 0.4) is 0 Å². The van der Waals surface area contributed by atoms with Gasteiger partial charge in [-0.3, -0.25) is 4.79 Å². The Morgan fingerprint density at radius 3 is 1.78 bits per heavy atom. The van der Waals surface area contributed by atoms with Crippen molar-refractivity contribution in [3.05, 3.63) is 108 Å². The van der Waals surface area contributed by atoms with E-state index in [-0.39, 0.29) is 36.1 Å². The molecule has 194 valence electrons. The summed E-state index contributed by atoms with van der Waals surface area (Å²) in [6.07, 6.45) is 2.05. The lowest BCUT2D eigenvalue weighted by Gasteiger charge is -2.30. The fourth-order valence-electron chi connectivity index (χ4n) is 5.36. The Hall–Kier alpha value is -2.83. The zero-order chi connectivity index (χ0) is 25.3. The topological polar surface area (TPSA) is 54.0 Å². The van der Waals surface area contributed by atoms with Gasteiger partial charge in [0.05, 0.1) is 32.5 Å². The highest BCUT2D eigenvalue weighted by atomic mass is 16.6. The van der Waals surface area contributed by atoms with Crippen molar-refractivity contribution in [1.82, 2.24) is 0 Å². The Kier molecular flexibility index (Phi) is 9.14. The maximum absolute atomic E-state index is 13.0. The molecule has 1 aliphatic heterocycles. The van der Waals surface area contributed by atoms with Gasteiger partial charge in [-0.25, -0.2) is 0 Å².